The van der Waals surface area contributed by atoms with Crippen LogP contribution in [0.15, 0.2) is 47.5 Å². The second-order valence-corrected chi connectivity index (χ2v) is 11.5. The van der Waals surface area contributed by atoms with Crippen molar-refractivity contribution in [3.63, 3.8) is 0 Å². The number of ketones is 1. The molecule has 3 aliphatic rings. The van der Waals surface area contributed by atoms with Gasteiger partial charge in [-0.1, -0.05) is 54.8 Å². The highest BCUT2D eigenvalue weighted by molar-refractivity contribution is 6.30. The van der Waals surface area contributed by atoms with Crippen LogP contribution in [0.5, 0.6) is 0 Å². The number of nitrogens with one attached hydrogen (secondary N) is 1. The van der Waals surface area contributed by atoms with Crippen LogP contribution >= 0.6 is 11.6 Å². The lowest BCUT2D eigenvalue weighted by molar-refractivity contribution is -0.154. The molecule has 0 unspecified atom stereocenters. The fraction of sp³-hybridized carbons (Fsp3) is 0.467. The van der Waals surface area contributed by atoms with E-state index in [2.05, 4.69) is 10.3 Å². The third-order valence-corrected chi connectivity index (χ3v) is 8.21. The highest BCUT2D eigenvalue weighted by Gasteiger charge is 2.42. The Labute approximate surface area is 235 Å². The van der Waals surface area contributed by atoms with Gasteiger partial charge in [-0.3, -0.25) is 19.4 Å². The molecule has 0 aromatic heterocycles. The lowest BCUT2D eigenvalue weighted by Crippen LogP contribution is -2.46. The third-order valence-electron chi connectivity index (χ3n) is 7.96. The minimum atomic E-state index is -4.56. The van der Waals surface area contributed by atoms with Gasteiger partial charge in [0.05, 0.1) is 17.5 Å². The van der Waals surface area contributed by atoms with Gasteiger partial charge in [0, 0.05) is 29.0 Å². The minimum absolute atomic E-state index is 0.00874. The molecule has 1 heterocycles. The van der Waals surface area contributed by atoms with Crippen molar-refractivity contribution in [2.45, 2.75) is 69.6 Å². The van der Waals surface area contributed by atoms with Gasteiger partial charge in [-0.2, -0.15) is 13.2 Å². The largest absolute Gasteiger partial charge is 0.481 e. The number of carboxylic acid groups (broad SMARTS) is 1. The van der Waals surface area contributed by atoms with Crippen LogP contribution in [0.2, 0.25) is 5.02 Å². The molecule has 5 rings (SSSR count). The van der Waals surface area contributed by atoms with E-state index in [-0.39, 0.29) is 18.8 Å². The number of amides is 1. The number of aliphatic carboxylic acids is 1. The maximum absolute atomic E-state index is 13.5. The molecule has 2 aliphatic carbocycles. The molecule has 0 bridgehead atoms. The number of Topliss-reactive ketones (excluding diaryl/α,β-unsaturated/α-hetero) is 1. The highest BCUT2D eigenvalue weighted by Crippen LogP contribution is 2.43. The first-order valence-electron chi connectivity index (χ1n) is 13.6. The van der Waals surface area contributed by atoms with Gasteiger partial charge in [0.15, 0.2) is 11.9 Å². The van der Waals surface area contributed by atoms with Crippen LogP contribution in [-0.4, -0.2) is 40.8 Å². The molecule has 2 N–H and O–H groups in total. The van der Waals surface area contributed by atoms with E-state index in [1.54, 1.807) is 24.3 Å². The van der Waals surface area contributed by atoms with Crippen LogP contribution in [0.25, 0.3) is 0 Å². The summed E-state index contributed by atoms with van der Waals surface area (Å²) in [6, 6.07) is 12.7. The first kappa shape index (κ1) is 28.3. The quantitative estimate of drug-likeness (QED) is 0.359. The van der Waals surface area contributed by atoms with Crippen molar-refractivity contribution in [2.75, 3.05) is 0 Å². The summed E-state index contributed by atoms with van der Waals surface area (Å²) in [7, 11) is 0. The van der Waals surface area contributed by atoms with Crippen molar-refractivity contribution < 1.29 is 32.7 Å². The van der Waals surface area contributed by atoms with E-state index in [0.29, 0.717) is 22.2 Å². The summed E-state index contributed by atoms with van der Waals surface area (Å²) in [4.78, 5) is 43.8. The number of hydrogen-bond donors (Lipinski definition) is 2. The highest BCUT2D eigenvalue weighted by atomic mass is 35.5. The zero-order valence-electron chi connectivity index (χ0n) is 21.7. The third kappa shape index (κ3) is 6.74. The maximum atomic E-state index is 13.5. The molecule has 3 atom stereocenters. The van der Waals surface area contributed by atoms with Crippen molar-refractivity contribution in [1.29, 1.82) is 0 Å². The van der Waals surface area contributed by atoms with E-state index < -0.39 is 54.7 Å². The molecule has 40 heavy (non-hydrogen) atoms. The summed E-state index contributed by atoms with van der Waals surface area (Å²) >= 11 is 6.09. The molecule has 1 aliphatic heterocycles. The Morgan fingerprint density at radius 1 is 1.05 bits per heavy atom. The molecule has 2 fully saturated rings. The van der Waals surface area contributed by atoms with Crippen LogP contribution < -0.4 is 5.32 Å². The van der Waals surface area contributed by atoms with Crippen molar-refractivity contribution in [2.24, 2.45) is 22.7 Å². The van der Waals surface area contributed by atoms with Crippen LogP contribution in [-0.2, 0) is 20.8 Å². The summed E-state index contributed by atoms with van der Waals surface area (Å²) in [5.74, 6) is -4.94. The number of alkyl halides is 3. The second-order valence-electron chi connectivity index (χ2n) is 11.1. The van der Waals surface area contributed by atoms with Crippen LogP contribution in [0, 0.1) is 17.8 Å². The van der Waals surface area contributed by atoms with Gasteiger partial charge in [0.25, 0.3) is 0 Å². The average Bonchev–Trinajstić information content (AvgIpc) is 3.80. The Bertz CT molecular complexity index is 1330. The predicted molar refractivity (Wildman–Crippen MR) is 143 cm³/mol. The van der Waals surface area contributed by atoms with Crippen LogP contribution in [0.3, 0.4) is 0 Å². The molecule has 2 aromatic rings. The molecule has 0 spiro atoms. The maximum Gasteiger partial charge on any atom is 0.389 e. The van der Waals surface area contributed by atoms with Crippen molar-refractivity contribution in [3.05, 3.63) is 69.7 Å². The molecule has 0 saturated heterocycles. The molecule has 212 valence electrons. The Hall–Kier alpha value is -3.20. The molecule has 2 aromatic carbocycles. The van der Waals surface area contributed by atoms with Gasteiger partial charge in [0.2, 0.25) is 5.91 Å². The molecular weight excluding hydrogens is 545 g/mol. The zero-order valence-corrected chi connectivity index (χ0v) is 22.5. The number of benzene rings is 2. The van der Waals surface area contributed by atoms with Crippen molar-refractivity contribution in [1.82, 2.24) is 5.32 Å². The molecular formula is C30H30ClF3N2O4. The Balaban J connectivity index is 1.49. The first-order chi connectivity index (χ1) is 19.0. The number of aliphatic imine (C=N–C) groups is 1. The van der Waals surface area contributed by atoms with E-state index >= 15 is 0 Å². The summed E-state index contributed by atoms with van der Waals surface area (Å²) in [5.41, 5.74) is 3.76. The monoisotopic (exact) mass is 574 g/mol. The van der Waals surface area contributed by atoms with Gasteiger partial charge in [-0.15, -0.1) is 0 Å². The summed E-state index contributed by atoms with van der Waals surface area (Å²) in [6.07, 6.45) is -4.20. The number of carbonyl (C=O) groups excluding carboxylic acids is 2. The van der Waals surface area contributed by atoms with Gasteiger partial charge < -0.3 is 10.4 Å². The van der Waals surface area contributed by atoms with Gasteiger partial charge in [0.1, 0.15) is 0 Å². The minimum Gasteiger partial charge on any atom is -0.481 e. The topological polar surface area (TPSA) is 95.8 Å². The first-order valence-corrected chi connectivity index (χ1v) is 14.0. The Morgan fingerprint density at radius 2 is 1.75 bits per heavy atom. The zero-order chi connectivity index (χ0) is 28.6. The van der Waals surface area contributed by atoms with Gasteiger partial charge >= 0.3 is 12.1 Å². The predicted octanol–water partition coefficient (Wildman–Crippen LogP) is 6.08. The van der Waals surface area contributed by atoms with E-state index in [9.17, 15) is 32.7 Å². The summed E-state index contributed by atoms with van der Waals surface area (Å²) in [6.45, 7) is 0. The number of hydrogen-bond acceptors (Lipinski definition) is 4. The number of rotatable bonds is 10. The number of nitrogens with zero attached hydrogens (tertiary/aromatic N) is 1. The van der Waals surface area contributed by atoms with Gasteiger partial charge in [-0.25, -0.2) is 0 Å². The lowest BCUT2D eigenvalue weighted by atomic mass is 9.83. The number of fused-ring (bicyclic) bond motifs is 1. The van der Waals surface area contributed by atoms with Crippen molar-refractivity contribution >= 4 is 35.0 Å². The van der Waals surface area contributed by atoms with E-state index in [1.807, 2.05) is 18.2 Å². The Kier molecular flexibility index (Phi) is 8.04. The van der Waals surface area contributed by atoms with Crippen molar-refractivity contribution in [3.8, 4) is 0 Å². The normalized spacial score (nSPS) is 20.6. The number of halogens is 4. The van der Waals surface area contributed by atoms with Crippen LogP contribution in [0.1, 0.15) is 73.1 Å². The molecule has 0 radical (unpaired) electrons. The molecule has 2 saturated carbocycles. The molecule has 6 nitrogen and oxygen atoms in total. The van der Waals surface area contributed by atoms with E-state index in [1.165, 1.54) is 0 Å². The smallest absolute Gasteiger partial charge is 0.389 e. The van der Waals surface area contributed by atoms with E-state index in [0.717, 1.165) is 42.4 Å². The van der Waals surface area contributed by atoms with Gasteiger partial charge in [-0.05, 0) is 60.8 Å². The average molecular weight is 575 g/mol. The molecule has 10 heteroatoms. The number of carbonyl (C=O) groups is 3. The lowest BCUT2D eigenvalue weighted by Gasteiger charge is -2.25. The fourth-order valence-electron chi connectivity index (χ4n) is 5.52. The summed E-state index contributed by atoms with van der Waals surface area (Å²) in [5, 5.41) is 12.9. The van der Waals surface area contributed by atoms with E-state index in [4.69, 9.17) is 11.6 Å². The van der Waals surface area contributed by atoms with Crippen LogP contribution in [0.4, 0.5) is 13.2 Å². The standard InChI is InChI=1S/C30H30ClF3N2O4/c31-19-10-8-18(9-11-19)26-21-3-1-2-20(17-6-7-17)23(21)15-25(37)27(35-26)36-28(38)22(12-13-30(32,33)34)24(29(39)40)14-16-4-5-16/h1-3,8-11,16-17,22,24,27H,4-7,12-15H2,(H,36,38)(H,39,40)/t22-,24+,27-/m1/s1. The Morgan fingerprint density at radius 3 is 2.35 bits per heavy atom. The fourth-order valence-corrected chi connectivity index (χ4v) is 5.64. The summed E-state index contributed by atoms with van der Waals surface area (Å²) < 4.78 is 39.5. The SMILES string of the molecule is O=C1Cc2c(cccc2C2CC2)C(c2ccc(Cl)cc2)=N[C@@H]1NC(=O)[C@H](CCC(F)(F)F)[C@H](CC1CC1)C(=O)O. The number of carboxylic acids is 1. The molecule has 1 amide bonds. The second kappa shape index (κ2) is 11.4.